The van der Waals surface area contributed by atoms with E-state index in [1.165, 1.54) is 24.0 Å². The topological polar surface area (TPSA) is 73.7 Å². The molecule has 1 fully saturated rings. The summed E-state index contributed by atoms with van der Waals surface area (Å²) in [4.78, 5) is 31.9. The van der Waals surface area contributed by atoms with E-state index < -0.39 is 11.7 Å². The van der Waals surface area contributed by atoms with Crippen LogP contribution in [0.1, 0.15) is 55.2 Å². The maximum atomic E-state index is 13.1. The lowest BCUT2D eigenvalue weighted by Crippen LogP contribution is -2.38. The van der Waals surface area contributed by atoms with Crippen LogP contribution < -0.4 is 4.74 Å². The lowest BCUT2D eigenvalue weighted by molar-refractivity contribution is 0.0539. The number of ether oxygens (including phenoxy) is 2. The standard InChI is InChI=1S/C29H33N3O4/c1-29(2,3)36-28(34)32-13-5-6-26(32)21-10-9-20-15-23(16-22(20)14-21)31(4)27(33)25-12-11-24(17-30-25)35-18-19-7-8-19/h5-6,9-14,17,19,23H,7-8,15-16,18H2,1-4H3/t23-/m1/s1. The van der Waals surface area contributed by atoms with Crippen LogP contribution in [0.2, 0.25) is 0 Å². The third-order valence-corrected chi connectivity index (χ3v) is 6.76. The van der Waals surface area contributed by atoms with Gasteiger partial charge in [0.1, 0.15) is 17.0 Å². The maximum absolute atomic E-state index is 13.1. The highest BCUT2D eigenvalue weighted by atomic mass is 16.6. The molecule has 0 saturated heterocycles. The fraction of sp³-hybridized carbons (Fsp3) is 0.414. The van der Waals surface area contributed by atoms with Crippen LogP contribution in [0, 0.1) is 5.92 Å². The minimum absolute atomic E-state index is 0.0491. The molecule has 0 spiro atoms. The van der Waals surface area contributed by atoms with Gasteiger partial charge in [-0.25, -0.2) is 9.78 Å². The minimum atomic E-state index is -0.570. The molecule has 188 valence electrons. The Hall–Kier alpha value is -3.61. The molecule has 3 aromatic rings. The van der Waals surface area contributed by atoms with Crippen LogP contribution in [-0.4, -0.2) is 51.7 Å². The second-order valence-corrected chi connectivity index (χ2v) is 10.8. The number of carbonyl (C=O) groups is 2. The average molecular weight is 488 g/mol. The summed E-state index contributed by atoms with van der Waals surface area (Å²) in [7, 11) is 1.84. The first kappa shape index (κ1) is 24.1. The predicted molar refractivity (Wildman–Crippen MR) is 137 cm³/mol. The monoisotopic (exact) mass is 487 g/mol. The molecule has 7 heteroatoms. The smallest absolute Gasteiger partial charge is 0.418 e. The van der Waals surface area contributed by atoms with Crippen LogP contribution >= 0.6 is 0 Å². The fourth-order valence-electron chi connectivity index (χ4n) is 4.55. The molecule has 2 aromatic heterocycles. The van der Waals surface area contributed by atoms with Gasteiger partial charge in [0.25, 0.3) is 5.91 Å². The second kappa shape index (κ2) is 9.45. The molecule has 1 amide bonds. The van der Waals surface area contributed by atoms with Crippen molar-refractivity contribution in [1.82, 2.24) is 14.5 Å². The van der Waals surface area contributed by atoms with Gasteiger partial charge in [-0.05, 0) is 99.4 Å². The largest absolute Gasteiger partial charge is 0.492 e. The van der Waals surface area contributed by atoms with Crippen molar-refractivity contribution in [2.24, 2.45) is 5.92 Å². The number of rotatable bonds is 6. The van der Waals surface area contributed by atoms with E-state index >= 15 is 0 Å². The minimum Gasteiger partial charge on any atom is -0.492 e. The highest BCUT2D eigenvalue weighted by molar-refractivity contribution is 5.92. The van der Waals surface area contributed by atoms with Gasteiger partial charge in [-0.2, -0.15) is 0 Å². The number of fused-ring (bicyclic) bond motifs is 1. The Labute approximate surface area is 212 Å². The van der Waals surface area contributed by atoms with E-state index in [9.17, 15) is 9.59 Å². The molecule has 1 aromatic carbocycles. The molecule has 0 aliphatic heterocycles. The normalized spacial score (nSPS) is 16.9. The summed E-state index contributed by atoms with van der Waals surface area (Å²) in [6.07, 6.45) is 6.96. The number of hydrogen-bond acceptors (Lipinski definition) is 5. The average Bonchev–Trinajstić information content (AvgIpc) is 3.36. The van der Waals surface area contributed by atoms with Gasteiger partial charge in [0.2, 0.25) is 0 Å². The van der Waals surface area contributed by atoms with Crippen LogP contribution in [0.3, 0.4) is 0 Å². The van der Waals surface area contributed by atoms with Crippen LogP contribution in [-0.2, 0) is 17.6 Å². The molecule has 0 unspecified atom stereocenters. The molecule has 2 aliphatic rings. The number of benzene rings is 1. The molecule has 5 rings (SSSR count). The molecule has 2 heterocycles. The summed E-state index contributed by atoms with van der Waals surface area (Å²) >= 11 is 0. The fourth-order valence-corrected chi connectivity index (χ4v) is 4.55. The van der Waals surface area contributed by atoms with Gasteiger partial charge < -0.3 is 14.4 Å². The Morgan fingerprint density at radius 1 is 1.08 bits per heavy atom. The van der Waals surface area contributed by atoms with E-state index in [0.717, 1.165) is 30.7 Å². The Balaban J connectivity index is 1.26. The summed E-state index contributed by atoms with van der Waals surface area (Å²) in [5.74, 6) is 1.28. The lowest BCUT2D eigenvalue weighted by Gasteiger charge is -2.24. The van der Waals surface area contributed by atoms with Crippen LogP contribution in [0.4, 0.5) is 4.79 Å². The Bertz CT molecular complexity index is 1270. The van der Waals surface area contributed by atoms with Gasteiger partial charge in [-0.3, -0.25) is 9.36 Å². The molecule has 0 bridgehead atoms. The van der Waals surface area contributed by atoms with Crippen molar-refractivity contribution >= 4 is 12.0 Å². The number of aromatic nitrogens is 2. The molecular formula is C29H33N3O4. The number of hydrogen-bond donors (Lipinski definition) is 0. The van der Waals surface area contributed by atoms with E-state index in [2.05, 4.69) is 17.1 Å². The van der Waals surface area contributed by atoms with Crippen molar-refractivity contribution < 1.29 is 19.1 Å². The first-order valence-corrected chi connectivity index (χ1v) is 12.6. The highest BCUT2D eigenvalue weighted by Gasteiger charge is 2.29. The Kier molecular flexibility index (Phi) is 6.33. The summed E-state index contributed by atoms with van der Waals surface area (Å²) in [5, 5.41) is 0. The number of nitrogens with zero attached hydrogens (tertiary/aromatic N) is 3. The zero-order valence-electron chi connectivity index (χ0n) is 21.4. The number of likely N-dealkylation sites (N-methyl/N-ethyl adjacent to an activating group) is 1. The molecule has 1 saturated carbocycles. The SMILES string of the molecule is CN(C(=O)c1ccc(OCC2CC2)cn1)[C@@H]1Cc2ccc(-c3cccn3C(=O)OC(C)(C)C)cc2C1. The van der Waals surface area contributed by atoms with Gasteiger partial charge in [0, 0.05) is 19.3 Å². The number of carbonyl (C=O) groups excluding carboxylic acids is 2. The molecule has 0 N–H and O–H groups in total. The molecular weight excluding hydrogens is 454 g/mol. The molecule has 36 heavy (non-hydrogen) atoms. The van der Waals surface area contributed by atoms with E-state index in [1.807, 2.05) is 52.1 Å². The van der Waals surface area contributed by atoms with Crippen molar-refractivity contribution in [2.45, 2.75) is 58.1 Å². The Morgan fingerprint density at radius 2 is 1.86 bits per heavy atom. The molecule has 7 nitrogen and oxygen atoms in total. The Morgan fingerprint density at radius 3 is 2.56 bits per heavy atom. The predicted octanol–water partition coefficient (Wildman–Crippen LogP) is 5.36. The van der Waals surface area contributed by atoms with E-state index in [1.54, 1.807) is 27.9 Å². The quantitative estimate of drug-likeness (QED) is 0.468. The summed E-state index contributed by atoms with van der Waals surface area (Å²) in [6.45, 7) is 6.29. The van der Waals surface area contributed by atoms with Crippen molar-refractivity contribution in [3.63, 3.8) is 0 Å². The summed E-state index contributed by atoms with van der Waals surface area (Å²) < 4.78 is 12.8. The van der Waals surface area contributed by atoms with Crippen molar-refractivity contribution in [2.75, 3.05) is 13.7 Å². The summed E-state index contributed by atoms with van der Waals surface area (Å²) in [5.41, 5.74) is 3.99. The first-order valence-electron chi connectivity index (χ1n) is 12.6. The maximum Gasteiger partial charge on any atom is 0.418 e. The van der Waals surface area contributed by atoms with Gasteiger partial charge in [-0.1, -0.05) is 12.1 Å². The number of amides is 1. The van der Waals surface area contributed by atoms with E-state index in [4.69, 9.17) is 9.47 Å². The van der Waals surface area contributed by atoms with E-state index in [0.29, 0.717) is 17.4 Å². The molecule has 1 atom stereocenters. The second-order valence-electron chi connectivity index (χ2n) is 10.8. The zero-order valence-corrected chi connectivity index (χ0v) is 21.4. The lowest BCUT2D eigenvalue weighted by atomic mass is 10.0. The zero-order chi connectivity index (χ0) is 25.4. The van der Waals surface area contributed by atoms with Crippen molar-refractivity contribution in [1.29, 1.82) is 0 Å². The van der Waals surface area contributed by atoms with Gasteiger partial charge >= 0.3 is 6.09 Å². The van der Waals surface area contributed by atoms with Crippen LogP contribution in [0.5, 0.6) is 5.75 Å². The van der Waals surface area contributed by atoms with Crippen LogP contribution in [0.15, 0.2) is 54.9 Å². The summed E-state index contributed by atoms with van der Waals surface area (Å²) in [6, 6.07) is 13.6. The van der Waals surface area contributed by atoms with Crippen LogP contribution in [0.25, 0.3) is 11.3 Å². The van der Waals surface area contributed by atoms with Crippen molar-refractivity contribution in [3.8, 4) is 17.0 Å². The van der Waals surface area contributed by atoms with Gasteiger partial charge in [-0.15, -0.1) is 0 Å². The van der Waals surface area contributed by atoms with Crippen molar-refractivity contribution in [3.05, 3.63) is 71.7 Å². The number of pyridine rings is 1. The van der Waals surface area contributed by atoms with Gasteiger partial charge in [0.15, 0.2) is 0 Å². The highest BCUT2D eigenvalue weighted by Crippen LogP contribution is 2.32. The molecule has 0 radical (unpaired) electrons. The molecule has 2 aliphatic carbocycles. The van der Waals surface area contributed by atoms with E-state index in [-0.39, 0.29) is 11.9 Å². The third kappa shape index (κ3) is 5.30. The third-order valence-electron chi connectivity index (χ3n) is 6.76. The first-order chi connectivity index (χ1) is 17.2. The van der Waals surface area contributed by atoms with Gasteiger partial charge in [0.05, 0.1) is 18.5 Å².